The molecule has 41 heavy (non-hydrogen) atoms. The van der Waals surface area contributed by atoms with Crippen LogP contribution in [0, 0.1) is 28.8 Å². The van der Waals surface area contributed by atoms with E-state index in [1.165, 1.54) is 21.3 Å². The van der Waals surface area contributed by atoms with Crippen molar-refractivity contribution in [3.05, 3.63) is 120 Å². The first-order valence-electron chi connectivity index (χ1n) is 12.4. The number of nitrogens with zero attached hydrogens (tertiary/aromatic N) is 3. The molecule has 3 nitrogen and oxygen atoms in total. The maximum absolute atomic E-state index is 15.1. The number of alkyl halides is 3. The van der Waals surface area contributed by atoms with Crippen molar-refractivity contribution in [3.63, 3.8) is 0 Å². The average Bonchev–Trinajstić information content (AvgIpc) is 3.45. The maximum Gasteiger partial charge on any atom is 0.418 e. The van der Waals surface area contributed by atoms with Gasteiger partial charge in [-0.25, -0.2) is 13.2 Å². The Balaban J connectivity index is 1.69. The summed E-state index contributed by atoms with van der Waals surface area (Å²) < 4.78 is 89.7. The molecule has 0 bridgehead atoms. The van der Waals surface area contributed by atoms with Gasteiger partial charge in [-0.15, -0.1) is 0 Å². The number of hydrogen-bond acceptors (Lipinski definition) is 1. The number of rotatable bonds is 2. The normalized spacial score (nSPS) is 12.1. The molecular weight excluding hydrogens is 540 g/mol. The van der Waals surface area contributed by atoms with Crippen molar-refractivity contribution in [3.8, 4) is 17.4 Å². The van der Waals surface area contributed by atoms with Crippen molar-refractivity contribution in [2.45, 2.75) is 6.18 Å². The van der Waals surface area contributed by atoms with E-state index in [4.69, 9.17) is 0 Å². The molecule has 0 fully saturated rings. The quantitative estimate of drug-likeness (QED) is 0.196. The largest absolute Gasteiger partial charge is 0.418 e. The molecule has 0 saturated heterocycles. The molecule has 0 spiro atoms. The van der Waals surface area contributed by atoms with Gasteiger partial charge in [0, 0.05) is 33.7 Å². The van der Waals surface area contributed by atoms with Gasteiger partial charge in [0.15, 0.2) is 11.6 Å². The molecule has 0 saturated carbocycles. The molecule has 200 valence electrons. The minimum atomic E-state index is -4.75. The predicted molar refractivity (Wildman–Crippen MR) is 145 cm³/mol. The Labute approximate surface area is 227 Å². The van der Waals surface area contributed by atoms with E-state index in [0.29, 0.717) is 55.7 Å². The van der Waals surface area contributed by atoms with E-state index in [9.17, 15) is 22.8 Å². The van der Waals surface area contributed by atoms with Gasteiger partial charge in [-0.3, -0.25) is 0 Å². The van der Waals surface area contributed by atoms with E-state index in [0.717, 1.165) is 6.07 Å². The van der Waals surface area contributed by atoms with Crippen LogP contribution in [0.25, 0.3) is 55.0 Å². The number of nitriles is 1. The van der Waals surface area contributed by atoms with Crippen LogP contribution in [0.4, 0.5) is 26.3 Å². The number of benzene rings is 5. The third-order valence-corrected chi connectivity index (χ3v) is 7.35. The first-order chi connectivity index (χ1) is 19.7. The van der Waals surface area contributed by atoms with Crippen molar-refractivity contribution in [2.75, 3.05) is 0 Å². The first-order valence-corrected chi connectivity index (χ1v) is 12.4. The fourth-order valence-corrected chi connectivity index (χ4v) is 5.79. The van der Waals surface area contributed by atoms with Crippen molar-refractivity contribution >= 4 is 43.6 Å². The van der Waals surface area contributed by atoms with E-state index in [1.54, 1.807) is 66.7 Å². The van der Waals surface area contributed by atoms with E-state index >= 15 is 8.78 Å². The second kappa shape index (κ2) is 8.63. The smallest absolute Gasteiger partial charge is 0.309 e. The highest BCUT2D eigenvalue weighted by molar-refractivity contribution is 6.28. The van der Waals surface area contributed by atoms with Crippen molar-refractivity contribution in [1.29, 1.82) is 5.26 Å². The Morgan fingerprint density at radius 1 is 0.610 bits per heavy atom. The number of para-hydroxylation sites is 2. The molecule has 0 atom stereocenters. The lowest BCUT2D eigenvalue weighted by Crippen LogP contribution is -2.11. The minimum absolute atomic E-state index is 0.129. The first kappa shape index (κ1) is 24.8. The number of hydrogen-bond donors (Lipinski definition) is 0. The van der Waals surface area contributed by atoms with Crippen LogP contribution in [-0.2, 0) is 6.18 Å². The molecule has 7 aromatic rings. The summed E-state index contributed by atoms with van der Waals surface area (Å²) in [5.74, 6) is -3.25. The maximum atomic E-state index is 15.1. The third-order valence-electron chi connectivity index (χ3n) is 7.35. The molecule has 5 aromatic carbocycles. The summed E-state index contributed by atoms with van der Waals surface area (Å²) in [4.78, 5) is 0. The Morgan fingerprint density at radius 2 is 1.15 bits per heavy atom. The van der Waals surface area contributed by atoms with Gasteiger partial charge in [0.2, 0.25) is 0 Å². The Bertz CT molecular complexity index is 2230. The van der Waals surface area contributed by atoms with Crippen molar-refractivity contribution in [1.82, 2.24) is 9.13 Å². The highest BCUT2D eigenvalue weighted by Gasteiger charge is 2.35. The molecule has 0 aliphatic carbocycles. The minimum Gasteiger partial charge on any atom is -0.309 e. The fraction of sp³-hybridized carbons (Fsp3) is 0.0312. The Morgan fingerprint density at radius 3 is 1.71 bits per heavy atom. The Hall–Kier alpha value is -5.23. The van der Waals surface area contributed by atoms with Crippen LogP contribution in [-0.4, -0.2) is 9.13 Å². The van der Waals surface area contributed by atoms with Crippen molar-refractivity contribution < 1.29 is 26.3 Å². The molecular formula is C32H15F6N3. The molecule has 0 aliphatic rings. The standard InChI is InChI=1S/C32H15F6N3/c33-18-14-22(34)31(23(35)15-18)41-25-8-4-2-6-20(25)30-28(41)12-11-27-29(30)19-5-1-3-7-24(19)40(27)26-10-9-17(16-39)13-21(26)32(36,37)38/h1-15H. The van der Waals surface area contributed by atoms with Gasteiger partial charge in [0.25, 0.3) is 0 Å². The molecule has 0 radical (unpaired) electrons. The highest BCUT2D eigenvalue weighted by atomic mass is 19.4. The second-order valence-corrected chi connectivity index (χ2v) is 9.62. The molecule has 0 N–H and O–H groups in total. The van der Waals surface area contributed by atoms with E-state index in [2.05, 4.69) is 0 Å². The molecule has 2 aromatic heterocycles. The lowest BCUT2D eigenvalue weighted by molar-refractivity contribution is -0.137. The van der Waals surface area contributed by atoms with Gasteiger partial charge in [-0.1, -0.05) is 36.4 Å². The summed E-state index contributed by atoms with van der Waals surface area (Å²) in [6.07, 6.45) is -4.75. The van der Waals surface area contributed by atoms with Gasteiger partial charge >= 0.3 is 6.18 Å². The summed E-state index contributed by atoms with van der Waals surface area (Å²) in [5, 5.41) is 11.6. The summed E-state index contributed by atoms with van der Waals surface area (Å²) in [6.45, 7) is 0. The van der Waals surface area contributed by atoms with E-state index < -0.39 is 34.9 Å². The van der Waals surface area contributed by atoms with E-state index in [-0.39, 0.29) is 11.3 Å². The molecule has 2 heterocycles. The molecule has 0 unspecified atom stereocenters. The molecule has 7 rings (SSSR count). The summed E-state index contributed by atoms with van der Waals surface area (Å²) in [7, 11) is 0. The number of halogens is 6. The zero-order valence-corrected chi connectivity index (χ0v) is 20.8. The van der Waals surface area contributed by atoms with Crippen LogP contribution >= 0.6 is 0 Å². The predicted octanol–water partition coefficient (Wildman–Crippen LogP) is 9.19. The summed E-state index contributed by atoms with van der Waals surface area (Å²) in [6, 6.07) is 23.4. The van der Waals surface area contributed by atoms with Crippen LogP contribution in [0.5, 0.6) is 0 Å². The number of aromatic nitrogens is 2. The van der Waals surface area contributed by atoms with Gasteiger partial charge in [-0.2, -0.15) is 18.4 Å². The van der Waals surface area contributed by atoms with Crippen LogP contribution in [0.1, 0.15) is 11.1 Å². The molecule has 0 amide bonds. The van der Waals surface area contributed by atoms with Crippen LogP contribution in [0.2, 0.25) is 0 Å². The molecule has 0 aliphatic heterocycles. The average molecular weight is 555 g/mol. The topological polar surface area (TPSA) is 33.6 Å². The number of fused-ring (bicyclic) bond motifs is 7. The highest BCUT2D eigenvalue weighted by Crippen LogP contribution is 2.44. The third kappa shape index (κ3) is 3.54. The lowest BCUT2D eigenvalue weighted by atomic mass is 10.1. The zero-order chi connectivity index (χ0) is 28.6. The van der Waals surface area contributed by atoms with Crippen LogP contribution < -0.4 is 0 Å². The summed E-state index contributed by atoms with van der Waals surface area (Å²) in [5.41, 5.74) is -0.00749. The van der Waals surface area contributed by atoms with Gasteiger partial charge in [-0.05, 0) is 42.5 Å². The van der Waals surface area contributed by atoms with Crippen LogP contribution in [0.3, 0.4) is 0 Å². The van der Waals surface area contributed by atoms with Crippen molar-refractivity contribution in [2.24, 2.45) is 0 Å². The lowest BCUT2D eigenvalue weighted by Gasteiger charge is -2.16. The van der Waals surface area contributed by atoms with Gasteiger partial charge in [0.1, 0.15) is 11.5 Å². The second-order valence-electron chi connectivity index (χ2n) is 9.62. The molecule has 9 heteroatoms. The SMILES string of the molecule is N#Cc1ccc(-n2c3ccccc3c3c4c5ccccc5n(-c5c(F)cc(F)cc5F)c4ccc32)c(C(F)(F)F)c1. The zero-order valence-electron chi connectivity index (χ0n) is 20.8. The monoisotopic (exact) mass is 555 g/mol. The van der Waals surface area contributed by atoms with Gasteiger partial charge in [0.05, 0.1) is 45.0 Å². The fourth-order valence-electron chi connectivity index (χ4n) is 5.79. The van der Waals surface area contributed by atoms with E-state index in [1.807, 2.05) is 0 Å². The van der Waals surface area contributed by atoms with Gasteiger partial charge < -0.3 is 9.13 Å². The summed E-state index contributed by atoms with van der Waals surface area (Å²) >= 11 is 0. The van der Waals surface area contributed by atoms with Crippen LogP contribution in [0.15, 0.2) is 91.0 Å². The Kier molecular flexibility index (Phi) is 5.22.